The molecule has 8 heteroatoms. The van der Waals surface area contributed by atoms with Crippen LogP contribution in [0.1, 0.15) is 6.42 Å². The van der Waals surface area contributed by atoms with Crippen molar-refractivity contribution in [3.8, 4) is 0 Å². The molecule has 0 atom stereocenters. The van der Waals surface area contributed by atoms with Crippen LogP contribution < -0.4 is 10.6 Å². The van der Waals surface area contributed by atoms with Gasteiger partial charge in [0.2, 0.25) is 0 Å². The van der Waals surface area contributed by atoms with Crippen molar-refractivity contribution < 1.29 is 13.2 Å². The first-order valence-electron chi connectivity index (χ1n) is 4.86. The fraction of sp³-hybridized carbons (Fsp3) is 0.556. The third-order valence-corrected chi connectivity index (χ3v) is 2.41. The Morgan fingerprint density at radius 2 is 1.94 bits per heavy atom. The zero-order chi connectivity index (χ0) is 12.9. The molecular formula is C9H13F3N4S. The van der Waals surface area contributed by atoms with Crippen LogP contribution in [-0.2, 0) is 0 Å². The summed E-state index contributed by atoms with van der Waals surface area (Å²) in [6, 6.07) is 1.57. The zero-order valence-electron chi connectivity index (χ0n) is 9.43. The van der Waals surface area contributed by atoms with Crippen LogP contribution in [0.5, 0.6) is 0 Å². The first-order chi connectivity index (χ1) is 7.94. The maximum Gasteiger partial charge on any atom is 0.390 e. The summed E-state index contributed by atoms with van der Waals surface area (Å²) in [5.74, 6) is 0.955. The van der Waals surface area contributed by atoms with Gasteiger partial charge in [0.1, 0.15) is 11.6 Å². The van der Waals surface area contributed by atoms with E-state index in [0.717, 1.165) is 0 Å². The van der Waals surface area contributed by atoms with Crippen molar-refractivity contribution in [2.75, 3.05) is 30.5 Å². The molecule has 4 nitrogen and oxygen atoms in total. The van der Waals surface area contributed by atoms with Gasteiger partial charge in [0, 0.05) is 19.7 Å². The number of anilines is 2. The number of halogens is 3. The van der Waals surface area contributed by atoms with E-state index in [2.05, 4.69) is 20.6 Å². The predicted octanol–water partition coefficient (Wildman–Crippen LogP) is 2.60. The average Bonchev–Trinajstić information content (AvgIpc) is 2.26. The molecule has 1 rings (SSSR count). The highest BCUT2D eigenvalue weighted by atomic mass is 32.2. The molecule has 0 bridgehead atoms. The van der Waals surface area contributed by atoms with E-state index < -0.39 is 12.6 Å². The lowest BCUT2D eigenvalue weighted by Gasteiger charge is -2.10. The average molecular weight is 266 g/mol. The molecule has 0 unspecified atom stereocenters. The van der Waals surface area contributed by atoms with Crippen LogP contribution in [0.15, 0.2) is 11.2 Å². The lowest BCUT2D eigenvalue weighted by atomic mass is 10.4. The van der Waals surface area contributed by atoms with Crippen molar-refractivity contribution in [1.29, 1.82) is 0 Å². The molecule has 0 saturated carbocycles. The van der Waals surface area contributed by atoms with E-state index in [-0.39, 0.29) is 6.54 Å². The van der Waals surface area contributed by atoms with Gasteiger partial charge in [0.05, 0.1) is 6.42 Å². The molecule has 0 fully saturated rings. The predicted molar refractivity (Wildman–Crippen MR) is 62.5 cm³/mol. The van der Waals surface area contributed by atoms with E-state index in [9.17, 15) is 13.2 Å². The topological polar surface area (TPSA) is 49.8 Å². The summed E-state index contributed by atoms with van der Waals surface area (Å²) in [5, 5.41) is 5.95. The van der Waals surface area contributed by atoms with E-state index in [1.54, 1.807) is 19.4 Å². The van der Waals surface area contributed by atoms with Crippen molar-refractivity contribution >= 4 is 23.4 Å². The Balaban J connectivity index is 2.64. The smallest absolute Gasteiger partial charge is 0.373 e. The lowest BCUT2D eigenvalue weighted by Crippen LogP contribution is -2.15. The van der Waals surface area contributed by atoms with Crippen LogP contribution in [0.3, 0.4) is 0 Å². The quantitative estimate of drug-likeness (QED) is 0.633. The number of thioether (sulfide) groups is 1. The highest BCUT2D eigenvalue weighted by Gasteiger charge is 2.26. The SMILES string of the molecule is CNc1cc(NCCC(F)(F)F)nc(SC)n1. The first-order valence-corrected chi connectivity index (χ1v) is 6.08. The van der Waals surface area contributed by atoms with Gasteiger partial charge in [-0.2, -0.15) is 13.2 Å². The van der Waals surface area contributed by atoms with Crippen LogP contribution in [0.25, 0.3) is 0 Å². The molecule has 0 aliphatic heterocycles. The standard InChI is InChI=1S/C9H13F3N4S/c1-13-6-5-7(16-8(15-6)17-2)14-4-3-9(10,11)12/h5H,3-4H2,1-2H3,(H2,13,14,15,16). The van der Waals surface area contributed by atoms with Gasteiger partial charge in [-0.15, -0.1) is 0 Å². The lowest BCUT2D eigenvalue weighted by molar-refractivity contribution is -0.131. The largest absolute Gasteiger partial charge is 0.390 e. The Hall–Kier alpha value is -1.18. The molecule has 1 heterocycles. The summed E-state index contributed by atoms with van der Waals surface area (Å²) in [7, 11) is 1.69. The van der Waals surface area contributed by atoms with Crippen molar-refractivity contribution in [2.24, 2.45) is 0 Å². The molecule has 1 aromatic heterocycles. The third kappa shape index (κ3) is 5.12. The molecule has 0 aromatic carbocycles. The van der Waals surface area contributed by atoms with Gasteiger partial charge in [0.15, 0.2) is 5.16 Å². The molecule has 0 radical (unpaired) electrons. The van der Waals surface area contributed by atoms with Gasteiger partial charge in [-0.25, -0.2) is 9.97 Å². The Kier molecular flexibility index (Phi) is 4.86. The van der Waals surface area contributed by atoms with E-state index in [1.807, 2.05) is 0 Å². The highest BCUT2D eigenvalue weighted by Crippen LogP contribution is 2.20. The number of nitrogens with one attached hydrogen (secondary N) is 2. The molecule has 96 valence electrons. The summed E-state index contributed by atoms with van der Waals surface area (Å²) in [6.07, 6.45) is -3.25. The second kappa shape index (κ2) is 5.95. The van der Waals surface area contributed by atoms with Crippen LogP contribution in [-0.4, -0.2) is 36.0 Å². The van der Waals surface area contributed by atoms with Crippen molar-refractivity contribution in [2.45, 2.75) is 17.8 Å². The summed E-state index contributed by atoms with van der Waals surface area (Å²) >= 11 is 1.33. The van der Waals surface area contributed by atoms with Gasteiger partial charge in [-0.05, 0) is 6.26 Å². The fourth-order valence-corrected chi connectivity index (χ4v) is 1.45. The number of alkyl halides is 3. The van der Waals surface area contributed by atoms with Gasteiger partial charge >= 0.3 is 6.18 Å². The maximum atomic E-state index is 12.0. The van der Waals surface area contributed by atoms with Crippen LogP contribution in [0, 0.1) is 0 Å². The van der Waals surface area contributed by atoms with Gasteiger partial charge in [0.25, 0.3) is 0 Å². The Bertz CT molecular complexity index is 347. The zero-order valence-corrected chi connectivity index (χ0v) is 10.2. The van der Waals surface area contributed by atoms with Gasteiger partial charge in [-0.1, -0.05) is 11.8 Å². The van der Waals surface area contributed by atoms with Crippen molar-refractivity contribution in [3.63, 3.8) is 0 Å². The maximum absolute atomic E-state index is 12.0. The number of hydrogen-bond donors (Lipinski definition) is 2. The summed E-state index contributed by atoms with van der Waals surface area (Å²) in [4.78, 5) is 8.16. The normalized spacial score (nSPS) is 11.4. The van der Waals surface area contributed by atoms with Crippen LogP contribution in [0.4, 0.5) is 24.8 Å². The number of rotatable bonds is 5. The number of aromatic nitrogens is 2. The summed E-state index contributed by atoms with van der Waals surface area (Å²) in [5.41, 5.74) is 0. The molecular weight excluding hydrogens is 253 g/mol. The van der Waals surface area contributed by atoms with E-state index in [0.29, 0.717) is 16.8 Å². The van der Waals surface area contributed by atoms with E-state index in [4.69, 9.17) is 0 Å². The highest BCUT2D eigenvalue weighted by molar-refractivity contribution is 7.98. The molecule has 0 aliphatic rings. The molecule has 0 aliphatic carbocycles. The van der Waals surface area contributed by atoms with Crippen molar-refractivity contribution in [1.82, 2.24) is 9.97 Å². The Morgan fingerprint density at radius 1 is 1.29 bits per heavy atom. The van der Waals surface area contributed by atoms with Crippen molar-refractivity contribution in [3.05, 3.63) is 6.07 Å². The van der Waals surface area contributed by atoms with Gasteiger partial charge < -0.3 is 10.6 Å². The minimum atomic E-state index is -4.16. The third-order valence-electron chi connectivity index (χ3n) is 1.86. The van der Waals surface area contributed by atoms with E-state index in [1.165, 1.54) is 11.8 Å². The molecule has 0 spiro atoms. The summed E-state index contributed by atoms with van der Waals surface area (Å²) < 4.78 is 35.9. The van der Waals surface area contributed by atoms with Crippen LogP contribution in [0.2, 0.25) is 0 Å². The summed E-state index contributed by atoms with van der Waals surface area (Å²) in [6.45, 7) is -0.197. The number of nitrogens with zero attached hydrogens (tertiary/aromatic N) is 2. The minimum absolute atomic E-state index is 0.197. The van der Waals surface area contributed by atoms with Crippen LogP contribution >= 0.6 is 11.8 Å². The first kappa shape index (κ1) is 13.9. The Morgan fingerprint density at radius 3 is 2.47 bits per heavy atom. The molecule has 0 saturated heterocycles. The Labute approximate surface area is 101 Å². The fourth-order valence-electron chi connectivity index (χ4n) is 1.07. The second-order valence-corrected chi connectivity index (χ2v) is 3.94. The monoisotopic (exact) mass is 266 g/mol. The molecule has 17 heavy (non-hydrogen) atoms. The van der Waals surface area contributed by atoms with E-state index >= 15 is 0 Å². The second-order valence-electron chi connectivity index (χ2n) is 3.17. The van der Waals surface area contributed by atoms with Gasteiger partial charge in [-0.3, -0.25) is 0 Å². The minimum Gasteiger partial charge on any atom is -0.373 e. The molecule has 1 aromatic rings. The number of hydrogen-bond acceptors (Lipinski definition) is 5. The molecule has 0 amide bonds. The molecule has 2 N–H and O–H groups in total.